The molecule has 0 aliphatic heterocycles. The van der Waals surface area contributed by atoms with Crippen molar-refractivity contribution >= 4 is 17.7 Å². The minimum atomic E-state index is -0.903. The topological polar surface area (TPSA) is 50.2 Å². The van der Waals surface area contributed by atoms with Crippen LogP contribution in [-0.4, -0.2) is 21.8 Å². The highest BCUT2D eigenvalue weighted by atomic mass is 32.2. The fraction of sp³-hybridized carbons (Fsp3) is 0.647. The van der Waals surface area contributed by atoms with Crippen molar-refractivity contribution < 1.29 is 9.90 Å². The Bertz CT molecular complexity index is 519. The number of aromatic nitrogens is 1. The van der Waals surface area contributed by atoms with Crippen molar-refractivity contribution in [1.29, 1.82) is 0 Å². The molecule has 0 unspecified atom stereocenters. The van der Waals surface area contributed by atoms with E-state index in [1.165, 1.54) is 44.7 Å². The molecule has 1 heterocycles. The first-order valence-electron chi connectivity index (χ1n) is 7.94. The Hall–Kier alpha value is -1.03. The van der Waals surface area contributed by atoms with Crippen LogP contribution in [0.2, 0.25) is 0 Å². The van der Waals surface area contributed by atoms with Crippen LogP contribution in [0.15, 0.2) is 23.4 Å². The van der Waals surface area contributed by atoms with Crippen LogP contribution in [0.1, 0.15) is 48.9 Å². The number of thioether (sulfide) groups is 1. The summed E-state index contributed by atoms with van der Waals surface area (Å²) in [5, 5.41) is 9.88. The molecule has 4 aliphatic carbocycles. The minimum absolute atomic E-state index is 0.272. The average Bonchev–Trinajstić information content (AvgIpc) is 2.44. The van der Waals surface area contributed by atoms with E-state index in [9.17, 15) is 4.79 Å². The van der Waals surface area contributed by atoms with Gasteiger partial charge in [0.2, 0.25) is 0 Å². The number of hydrogen-bond acceptors (Lipinski definition) is 3. The summed E-state index contributed by atoms with van der Waals surface area (Å²) < 4.78 is 0. The Kier molecular flexibility index (Phi) is 3.25. The lowest BCUT2D eigenvalue weighted by Crippen LogP contribution is -2.47. The lowest BCUT2D eigenvalue weighted by molar-refractivity contribution is -0.0381. The molecule has 3 nitrogen and oxygen atoms in total. The molecule has 5 rings (SSSR count). The zero-order valence-electron chi connectivity index (χ0n) is 12.1. The van der Waals surface area contributed by atoms with Crippen molar-refractivity contribution in [2.45, 2.75) is 43.6 Å². The highest BCUT2D eigenvalue weighted by Crippen LogP contribution is 2.61. The number of aromatic carboxylic acids is 1. The van der Waals surface area contributed by atoms with E-state index < -0.39 is 5.97 Å². The molecule has 1 N–H and O–H groups in total. The Balaban J connectivity index is 1.43. The van der Waals surface area contributed by atoms with Gasteiger partial charge in [-0.2, -0.15) is 0 Å². The molecule has 4 aliphatic rings. The quantitative estimate of drug-likeness (QED) is 0.851. The molecule has 4 heteroatoms. The summed E-state index contributed by atoms with van der Waals surface area (Å²) in [6, 6.07) is 3.52. The first kappa shape index (κ1) is 13.6. The maximum atomic E-state index is 10.9. The van der Waals surface area contributed by atoms with Gasteiger partial charge in [0.1, 0.15) is 0 Å². The molecule has 21 heavy (non-hydrogen) atoms. The van der Waals surface area contributed by atoms with Crippen molar-refractivity contribution in [3.63, 3.8) is 0 Å². The van der Waals surface area contributed by atoms with Crippen LogP contribution in [0.25, 0.3) is 0 Å². The monoisotopic (exact) mass is 303 g/mol. The van der Waals surface area contributed by atoms with Gasteiger partial charge in [0.05, 0.1) is 10.6 Å². The fourth-order valence-corrected chi connectivity index (χ4v) is 6.39. The first-order chi connectivity index (χ1) is 10.1. The third-order valence-corrected chi connectivity index (χ3v) is 6.97. The van der Waals surface area contributed by atoms with E-state index in [2.05, 4.69) is 4.98 Å². The van der Waals surface area contributed by atoms with Crippen LogP contribution in [0, 0.1) is 23.2 Å². The molecule has 0 saturated heterocycles. The lowest BCUT2D eigenvalue weighted by Gasteiger charge is -2.56. The summed E-state index contributed by atoms with van der Waals surface area (Å²) in [4.78, 5) is 15.2. The average molecular weight is 303 g/mol. The highest BCUT2D eigenvalue weighted by molar-refractivity contribution is 7.99. The third-order valence-electron chi connectivity index (χ3n) is 5.67. The number of nitrogens with zero attached hydrogens (tertiary/aromatic N) is 1. The minimum Gasteiger partial charge on any atom is -0.478 e. The van der Waals surface area contributed by atoms with Crippen LogP contribution >= 0.6 is 11.8 Å². The number of rotatable bonds is 4. The van der Waals surface area contributed by atoms with Crippen molar-refractivity contribution in [1.82, 2.24) is 4.98 Å². The van der Waals surface area contributed by atoms with Crippen LogP contribution < -0.4 is 0 Å². The van der Waals surface area contributed by atoms with Gasteiger partial charge in [-0.15, -0.1) is 11.8 Å². The van der Waals surface area contributed by atoms with Gasteiger partial charge in [-0.05, 0) is 73.8 Å². The Morgan fingerprint density at radius 3 is 2.29 bits per heavy atom. The van der Waals surface area contributed by atoms with Gasteiger partial charge < -0.3 is 5.11 Å². The van der Waals surface area contributed by atoms with Gasteiger partial charge in [-0.25, -0.2) is 9.78 Å². The molecule has 0 spiro atoms. The summed E-state index contributed by atoms with van der Waals surface area (Å²) >= 11 is 1.83. The molecule has 0 aromatic carbocycles. The smallest absolute Gasteiger partial charge is 0.337 e. The largest absolute Gasteiger partial charge is 0.478 e. The maximum absolute atomic E-state index is 10.9. The predicted octanol–water partition coefficient (Wildman–Crippen LogP) is 4.09. The van der Waals surface area contributed by atoms with Gasteiger partial charge >= 0.3 is 5.97 Å². The highest BCUT2D eigenvalue weighted by Gasteiger charge is 2.50. The molecule has 4 bridgehead atoms. The third kappa shape index (κ3) is 2.59. The SMILES string of the molecule is O=C(O)c1ccc(SCC23CC4CC(CC(C4)C2)C3)nc1. The van der Waals surface area contributed by atoms with Gasteiger partial charge in [0.25, 0.3) is 0 Å². The molecule has 0 atom stereocenters. The number of carboxylic acids is 1. The molecule has 1 aromatic heterocycles. The second kappa shape index (κ2) is 5.01. The molecule has 0 radical (unpaired) electrons. The molecule has 0 amide bonds. The van der Waals surface area contributed by atoms with Crippen LogP contribution in [0.5, 0.6) is 0 Å². The predicted molar refractivity (Wildman–Crippen MR) is 82.5 cm³/mol. The van der Waals surface area contributed by atoms with E-state index in [0.29, 0.717) is 5.41 Å². The zero-order chi connectivity index (χ0) is 14.4. The van der Waals surface area contributed by atoms with Crippen molar-refractivity contribution in [3.8, 4) is 0 Å². The van der Waals surface area contributed by atoms with E-state index >= 15 is 0 Å². The Morgan fingerprint density at radius 2 is 1.81 bits per heavy atom. The second-order valence-corrected chi connectivity index (χ2v) is 8.39. The summed E-state index contributed by atoms with van der Waals surface area (Å²) in [6.45, 7) is 0. The van der Waals surface area contributed by atoms with E-state index in [-0.39, 0.29) is 5.56 Å². The number of hydrogen-bond donors (Lipinski definition) is 1. The number of carbonyl (C=O) groups is 1. The fourth-order valence-electron chi connectivity index (χ4n) is 5.29. The normalized spacial score (nSPS) is 36.9. The van der Waals surface area contributed by atoms with Gasteiger partial charge in [-0.1, -0.05) is 0 Å². The molecule has 4 saturated carbocycles. The van der Waals surface area contributed by atoms with Crippen LogP contribution in [0.4, 0.5) is 0 Å². The Labute approximate surface area is 129 Å². The zero-order valence-corrected chi connectivity index (χ0v) is 12.9. The molecule has 112 valence electrons. The standard InChI is InChI=1S/C17H21NO2S/c19-16(20)14-1-2-15(18-9-14)21-10-17-6-11-3-12(7-17)5-13(4-11)8-17/h1-2,9,11-13H,3-8,10H2,(H,19,20). The molecule has 4 fully saturated rings. The van der Waals surface area contributed by atoms with Crippen molar-refractivity contribution in [2.24, 2.45) is 23.2 Å². The van der Waals surface area contributed by atoms with Gasteiger partial charge in [0, 0.05) is 11.9 Å². The number of pyridine rings is 1. The van der Waals surface area contributed by atoms with Gasteiger partial charge in [0.15, 0.2) is 0 Å². The van der Waals surface area contributed by atoms with Crippen molar-refractivity contribution in [3.05, 3.63) is 23.9 Å². The molecular weight excluding hydrogens is 282 g/mol. The van der Waals surface area contributed by atoms with E-state index in [1.54, 1.807) is 6.07 Å². The second-order valence-electron chi connectivity index (χ2n) is 7.40. The summed E-state index contributed by atoms with van der Waals surface area (Å²) in [6.07, 6.45) is 10.2. The van der Waals surface area contributed by atoms with Gasteiger partial charge in [-0.3, -0.25) is 0 Å². The lowest BCUT2D eigenvalue weighted by atomic mass is 9.50. The van der Waals surface area contributed by atoms with Crippen LogP contribution in [0.3, 0.4) is 0 Å². The molecular formula is C17H21NO2S. The van der Waals surface area contributed by atoms with Crippen molar-refractivity contribution in [2.75, 3.05) is 5.75 Å². The maximum Gasteiger partial charge on any atom is 0.337 e. The molecule has 1 aromatic rings. The van der Waals surface area contributed by atoms with E-state index in [1.807, 2.05) is 17.8 Å². The summed E-state index contributed by atoms with van der Waals surface area (Å²) in [5.74, 6) is 3.22. The summed E-state index contributed by atoms with van der Waals surface area (Å²) in [5.41, 5.74) is 0.821. The van der Waals surface area contributed by atoms with E-state index in [0.717, 1.165) is 28.5 Å². The number of carboxylic acid groups (broad SMARTS) is 1. The summed E-state index contributed by atoms with van der Waals surface area (Å²) in [7, 11) is 0. The Morgan fingerprint density at radius 1 is 1.19 bits per heavy atom. The first-order valence-corrected chi connectivity index (χ1v) is 8.93. The van der Waals surface area contributed by atoms with E-state index in [4.69, 9.17) is 5.11 Å². The van der Waals surface area contributed by atoms with Crippen LogP contribution in [-0.2, 0) is 0 Å².